The second kappa shape index (κ2) is 7.56. The standard InChI is InChI=1S/C21H24FN7O/c22-13-9-12(5-6-14(13)23)17-10-19(28-21(24)27-17)29-7-8-30-18(11-29)20-25-15-3-1-2-4-16(15)26-20/h5-6,9-10,18H,1-4,7-8,11,23H2,(H,25,26)(H2,24,27,28). The van der Waals surface area contributed by atoms with Crippen molar-refractivity contribution in [3.63, 3.8) is 0 Å². The van der Waals surface area contributed by atoms with Crippen LogP contribution in [0.25, 0.3) is 11.3 Å². The van der Waals surface area contributed by atoms with Gasteiger partial charge in [0, 0.05) is 23.9 Å². The zero-order chi connectivity index (χ0) is 20.7. The van der Waals surface area contributed by atoms with E-state index in [4.69, 9.17) is 21.2 Å². The van der Waals surface area contributed by atoms with Gasteiger partial charge < -0.3 is 26.1 Å². The SMILES string of the molecule is Nc1nc(-c2ccc(N)c(F)c2)cc(N2CCOC(c3nc4c([nH]3)CCCC4)C2)n1. The Morgan fingerprint density at radius 1 is 1.10 bits per heavy atom. The minimum atomic E-state index is -0.487. The highest BCUT2D eigenvalue weighted by Gasteiger charge is 2.27. The molecule has 9 heteroatoms. The van der Waals surface area contributed by atoms with Crippen molar-refractivity contribution in [1.29, 1.82) is 0 Å². The van der Waals surface area contributed by atoms with E-state index >= 15 is 0 Å². The minimum Gasteiger partial charge on any atom is -0.396 e. The second-order valence-corrected chi connectivity index (χ2v) is 7.77. The predicted molar refractivity (Wildman–Crippen MR) is 112 cm³/mol. The lowest BCUT2D eigenvalue weighted by Crippen LogP contribution is -2.39. The minimum absolute atomic E-state index is 0.0955. The predicted octanol–water partition coefficient (Wildman–Crippen LogP) is 2.63. The maximum Gasteiger partial charge on any atom is 0.222 e. The Morgan fingerprint density at radius 2 is 1.97 bits per heavy atom. The number of fused-ring (bicyclic) bond motifs is 1. The van der Waals surface area contributed by atoms with E-state index in [0.29, 0.717) is 36.8 Å². The van der Waals surface area contributed by atoms with Crippen LogP contribution in [0.5, 0.6) is 0 Å². The maximum absolute atomic E-state index is 13.9. The van der Waals surface area contributed by atoms with E-state index in [1.165, 1.54) is 30.7 Å². The first-order valence-corrected chi connectivity index (χ1v) is 10.2. The summed E-state index contributed by atoms with van der Waals surface area (Å²) in [6.07, 6.45) is 4.28. The Labute approximate surface area is 173 Å². The van der Waals surface area contributed by atoms with Gasteiger partial charge in [-0.15, -0.1) is 0 Å². The summed E-state index contributed by atoms with van der Waals surface area (Å²) in [5.41, 5.74) is 15.2. The molecule has 1 aliphatic heterocycles. The van der Waals surface area contributed by atoms with Crippen LogP contribution in [-0.2, 0) is 17.6 Å². The van der Waals surface area contributed by atoms with Crippen molar-refractivity contribution in [3.8, 4) is 11.3 Å². The molecule has 1 atom stereocenters. The van der Waals surface area contributed by atoms with Crippen LogP contribution in [-0.4, -0.2) is 39.6 Å². The fourth-order valence-electron chi connectivity index (χ4n) is 4.10. The summed E-state index contributed by atoms with van der Waals surface area (Å²) in [5.74, 6) is 1.20. The molecule has 0 spiro atoms. The molecule has 0 saturated carbocycles. The van der Waals surface area contributed by atoms with Crippen LogP contribution < -0.4 is 16.4 Å². The molecule has 1 aromatic carbocycles. The summed E-state index contributed by atoms with van der Waals surface area (Å²) < 4.78 is 19.9. The largest absolute Gasteiger partial charge is 0.396 e. The number of benzene rings is 1. The highest BCUT2D eigenvalue weighted by atomic mass is 19.1. The number of nitrogen functional groups attached to an aromatic ring is 2. The van der Waals surface area contributed by atoms with Crippen molar-refractivity contribution in [2.24, 2.45) is 0 Å². The fourth-order valence-corrected chi connectivity index (χ4v) is 4.10. The van der Waals surface area contributed by atoms with Crippen LogP contribution in [0.15, 0.2) is 24.3 Å². The Bertz CT molecular complexity index is 1060. The van der Waals surface area contributed by atoms with Crippen LogP contribution in [0, 0.1) is 5.82 Å². The second-order valence-electron chi connectivity index (χ2n) is 7.77. The number of aromatic nitrogens is 4. The number of aryl methyl sites for hydroxylation is 2. The molecular formula is C21H24FN7O. The van der Waals surface area contributed by atoms with Gasteiger partial charge in [0.1, 0.15) is 23.6 Å². The van der Waals surface area contributed by atoms with Gasteiger partial charge in [0.25, 0.3) is 0 Å². The molecule has 1 saturated heterocycles. The molecular weight excluding hydrogens is 385 g/mol. The quantitative estimate of drug-likeness (QED) is 0.569. The first kappa shape index (κ1) is 18.8. The summed E-state index contributed by atoms with van der Waals surface area (Å²) in [6.45, 7) is 1.81. The van der Waals surface area contributed by atoms with Crippen molar-refractivity contribution in [2.75, 3.05) is 36.1 Å². The van der Waals surface area contributed by atoms with Gasteiger partial charge in [0.05, 0.1) is 30.2 Å². The summed E-state index contributed by atoms with van der Waals surface area (Å²) in [7, 11) is 0. The zero-order valence-electron chi connectivity index (χ0n) is 16.6. The molecule has 30 heavy (non-hydrogen) atoms. The number of hydrogen-bond donors (Lipinski definition) is 3. The van der Waals surface area contributed by atoms with Gasteiger partial charge in [0.15, 0.2) is 0 Å². The first-order valence-electron chi connectivity index (χ1n) is 10.2. The number of rotatable bonds is 3. The third-order valence-corrected chi connectivity index (χ3v) is 5.69. The monoisotopic (exact) mass is 409 g/mol. The molecule has 8 nitrogen and oxygen atoms in total. The molecule has 156 valence electrons. The molecule has 2 aliphatic rings. The number of nitrogens with zero attached hydrogens (tertiary/aromatic N) is 4. The highest BCUT2D eigenvalue weighted by molar-refractivity contribution is 5.66. The molecule has 0 radical (unpaired) electrons. The van der Waals surface area contributed by atoms with Crippen molar-refractivity contribution in [3.05, 3.63) is 47.3 Å². The van der Waals surface area contributed by atoms with Crippen LogP contribution >= 0.6 is 0 Å². The average Bonchev–Trinajstić information content (AvgIpc) is 3.20. The lowest BCUT2D eigenvalue weighted by molar-refractivity contribution is 0.0342. The van der Waals surface area contributed by atoms with Crippen molar-refractivity contribution < 1.29 is 9.13 Å². The van der Waals surface area contributed by atoms with Crippen LogP contribution in [0.4, 0.5) is 21.8 Å². The molecule has 5 N–H and O–H groups in total. The molecule has 3 aromatic rings. The van der Waals surface area contributed by atoms with E-state index in [0.717, 1.165) is 24.4 Å². The van der Waals surface area contributed by atoms with Gasteiger partial charge in [0.2, 0.25) is 5.95 Å². The zero-order valence-corrected chi connectivity index (χ0v) is 16.6. The number of ether oxygens (including phenoxy) is 1. The summed E-state index contributed by atoms with van der Waals surface area (Å²) in [6, 6.07) is 6.42. The maximum atomic E-state index is 13.9. The smallest absolute Gasteiger partial charge is 0.222 e. The van der Waals surface area contributed by atoms with Gasteiger partial charge in [-0.25, -0.2) is 14.4 Å². The summed E-state index contributed by atoms with van der Waals surface area (Å²) >= 11 is 0. The number of imidazole rings is 1. The molecule has 0 amide bonds. The molecule has 2 aromatic heterocycles. The van der Waals surface area contributed by atoms with Gasteiger partial charge in [-0.2, -0.15) is 4.98 Å². The van der Waals surface area contributed by atoms with E-state index < -0.39 is 5.82 Å². The van der Waals surface area contributed by atoms with Gasteiger partial charge in [-0.3, -0.25) is 0 Å². The summed E-state index contributed by atoms with van der Waals surface area (Å²) in [5, 5.41) is 0. The molecule has 5 rings (SSSR count). The van der Waals surface area contributed by atoms with E-state index in [1.54, 1.807) is 6.07 Å². The molecule has 1 unspecified atom stereocenters. The van der Waals surface area contributed by atoms with E-state index in [1.807, 2.05) is 6.07 Å². The van der Waals surface area contributed by atoms with E-state index in [9.17, 15) is 4.39 Å². The molecule has 3 heterocycles. The Morgan fingerprint density at radius 3 is 2.80 bits per heavy atom. The Balaban J connectivity index is 1.41. The number of hydrogen-bond acceptors (Lipinski definition) is 7. The van der Waals surface area contributed by atoms with E-state index in [-0.39, 0.29) is 17.7 Å². The number of halogens is 1. The lowest BCUT2D eigenvalue weighted by atomic mass is 10.0. The van der Waals surface area contributed by atoms with Crippen molar-refractivity contribution >= 4 is 17.5 Å². The van der Waals surface area contributed by atoms with Gasteiger partial charge in [-0.05, 0) is 37.8 Å². The van der Waals surface area contributed by atoms with Crippen LogP contribution in [0.2, 0.25) is 0 Å². The molecule has 1 fully saturated rings. The Hall–Kier alpha value is -3.20. The first-order chi connectivity index (χ1) is 14.6. The third kappa shape index (κ3) is 3.56. The fraction of sp³-hybridized carbons (Fsp3) is 0.381. The van der Waals surface area contributed by atoms with Crippen molar-refractivity contribution in [1.82, 2.24) is 19.9 Å². The number of nitrogens with two attached hydrogens (primary N) is 2. The number of H-pyrrole nitrogens is 1. The highest BCUT2D eigenvalue weighted by Crippen LogP contribution is 2.29. The number of nitrogens with one attached hydrogen (secondary N) is 1. The van der Waals surface area contributed by atoms with Crippen LogP contribution in [0.1, 0.15) is 36.2 Å². The number of morpholine rings is 1. The van der Waals surface area contributed by atoms with Gasteiger partial charge >= 0.3 is 0 Å². The normalized spacial score (nSPS) is 19.0. The molecule has 0 bridgehead atoms. The van der Waals surface area contributed by atoms with Crippen molar-refractivity contribution in [2.45, 2.75) is 31.8 Å². The Kier molecular flexibility index (Phi) is 4.74. The average molecular weight is 409 g/mol. The summed E-state index contributed by atoms with van der Waals surface area (Å²) in [4.78, 5) is 19.0. The topological polar surface area (TPSA) is 119 Å². The van der Waals surface area contributed by atoms with Gasteiger partial charge in [-0.1, -0.05) is 6.07 Å². The number of aromatic amines is 1. The third-order valence-electron chi connectivity index (χ3n) is 5.69. The van der Waals surface area contributed by atoms with E-state index in [2.05, 4.69) is 19.9 Å². The lowest BCUT2D eigenvalue weighted by Gasteiger charge is -2.33. The molecule has 1 aliphatic carbocycles. The number of anilines is 3. The van der Waals surface area contributed by atoms with Crippen LogP contribution in [0.3, 0.4) is 0 Å².